The maximum atomic E-state index is 10.8. The number of aliphatic hydroxyl groups is 1. The van der Waals surface area contributed by atoms with E-state index in [-0.39, 0.29) is 5.97 Å². The molecular weight excluding hydrogens is 156 g/mol. The molecule has 0 saturated heterocycles. The predicted octanol–water partition coefficient (Wildman–Crippen LogP) is 0.714. The third kappa shape index (κ3) is 5.75. The first kappa shape index (κ1) is 11.0. The highest BCUT2D eigenvalue weighted by molar-refractivity contribution is 5.69. The molecule has 0 heterocycles. The van der Waals surface area contributed by atoms with Crippen LogP contribution in [0.15, 0.2) is 0 Å². The van der Waals surface area contributed by atoms with E-state index in [1.54, 1.807) is 6.92 Å². The molecule has 0 aromatic carbocycles. The van der Waals surface area contributed by atoms with Crippen molar-refractivity contribution in [2.45, 2.75) is 32.3 Å². The van der Waals surface area contributed by atoms with E-state index in [0.717, 1.165) is 0 Å². The van der Waals surface area contributed by atoms with E-state index >= 15 is 0 Å². The smallest absolute Gasteiger partial charge is 0.305 e. The molecule has 0 bridgehead atoms. The van der Waals surface area contributed by atoms with Crippen LogP contribution < -0.4 is 0 Å². The summed E-state index contributed by atoms with van der Waals surface area (Å²) < 4.78 is 4.69. The largest absolute Gasteiger partial charge is 0.466 e. The quantitative estimate of drug-likeness (QED) is 0.488. The molecule has 0 radical (unpaired) electrons. The van der Waals surface area contributed by atoms with Crippen LogP contribution in [0.25, 0.3) is 0 Å². The number of hydrogen-bond donors (Lipinski definition) is 1. The summed E-state index contributed by atoms with van der Waals surface area (Å²) in [5.74, 6) is 1.94. The maximum absolute atomic E-state index is 10.8. The Balaban J connectivity index is 3.32. The Morgan fingerprint density at radius 2 is 2.42 bits per heavy atom. The van der Waals surface area contributed by atoms with Gasteiger partial charge in [0.25, 0.3) is 0 Å². The summed E-state index contributed by atoms with van der Waals surface area (Å²) in [6, 6.07) is 0. The molecule has 0 unspecified atom stereocenters. The van der Waals surface area contributed by atoms with Crippen molar-refractivity contribution in [3.63, 3.8) is 0 Å². The fraction of sp³-hybridized carbons (Fsp3) is 0.667. The van der Waals surface area contributed by atoms with Gasteiger partial charge in [-0.2, -0.15) is 0 Å². The van der Waals surface area contributed by atoms with Crippen molar-refractivity contribution in [2.24, 2.45) is 0 Å². The van der Waals surface area contributed by atoms with E-state index < -0.39 is 6.10 Å². The number of aliphatic hydroxyl groups excluding tert-OH is 1. The Kier molecular flexibility index (Phi) is 6.12. The zero-order chi connectivity index (χ0) is 9.40. The fourth-order valence-electron chi connectivity index (χ4n) is 0.756. The molecule has 0 aliphatic carbocycles. The second-order valence-corrected chi connectivity index (χ2v) is 2.38. The number of hydrogen-bond acceptors (Lipinski definition) is 3. The topological polar surface area (TPSA) is 46.5 Å². The molecule has 0 aromatic rings. The summed E-state index contributed by atoms with van der Waals surface area (Å²) in [6.45, 7) is 2.16. The lowest BCUT2D eigenvalue weighted by Gasteiger charge is -2.02. The Morgan fingerprint density at radius 3 is 2.92 bits per heavy atom. The number of carbonyl (C=O) groups excluding carboxylic acids is 1. The monoisotopic (exact) mass is 170 g/mol. The zero-order valence-electron chi connectivity index (χ0n) is 7.25. The third-order valence-electron chi connectivity index (χ3n) is 1.36. The van der Waals surface area contributed by atoms with Gasteiger partial charge in [0.05, 0.1) is 6.61 Å². The van der Waals surface area contributed by atoms with Gasteiger partial charge in [-0.15, -0.1) is 6.42 Å². The first-order valence-electron chi connectivity index (χ1n) is 4.00. The number of ether oxygens (including phenoxy) is 1. The van der Waals surface area contributed by atoms with Crippen molar-refractivity contribution >= 4 is 5.97 Å². The van der Waals surface area contributed by atoms with Gasteiger partial charge in [0, 0.05) is 6.42 Å². The summed E-state index contributed by atoms with van der Waals surface area (Å²) in [7, 11) is 0. The molecule has 1 atom stereocenters. The molecule has 0 aromatic heterocycles. The lowest BCUT2D eigenvalue weighted by atomic mass is 10.1. The fourth-order valence-corrected chi connectivity index (χ4v) is 0.756. The van der Waals surface area contributed by atoms with Crippen molar-refractivity contribution in [1.82, 2.24) is 0 Å². The number of rotatable bonds is 5. The van der Waals surface area contributed by atoms with Crippen LogP contribution in [-0.2, 0) is 9.53 Å². The second kappa shape index (κ2) is 6.68. The van der Waals surface area contributed by atoms with Crippen LogP contribution in [0.2, 0.25) is 0 Å². The van der Waals surface area contributed by atoms with Crippen LogP contribution >= 0.6 is 0 Å². The Labute approximate surface area is 72.7 Å². The molecule has 3 heteroatoms. The molecule has 68 valence electrons. The molecule has 1 N–H and O–H groups in total. The normalized spacial score (nSPS) is 11.8. The molecule has 0 aliphatic rings. The van der Waals surface area contributed by atoms with Gasteiger partial charge in [-0.05, 0) is 19.8 Å². The van der Waals surface area contributed by atoms with E-state index in [2.05, 4.69) is 10.7 Å². The Morgan fingerprint density at radius 1 is 1.75 bits per heavy atom. The van der Waals surface area contributed by atoms with Crippen LogP contribution in [0.3, 0.4) is 0 Å². The van der Waals surface area contributed by atoms with Crippen LogP contribution in [0.5, 0.6) is 0 Å². The van der Waals surface area contributed by atoms with Gasteiger partial charge in [0.2, 0.25) is 0 Å². The van der Waals surface area contributed by atoms with E-state index in [9.17, 15) is 4.79 Å². The lowest BCUT2D eigenvalue weighted by Crippen LogP contribution is -2.07. The number of carbonyl (C=O) groups is 1. The third-order valence-corrected chi connectivity index (χ3v) is 1.36. The SMILES string of the molecule is C#C[C@H](O)CCCC(=O)OCC. The predicted molar refractivity (Wildman–Crippen MR) is 45.3 cm³/mol. The molecule has 0 spiro atoms. The Hall–Kier alpha value is -1.01. The van der Waals surface area contributed by atoms with Gasteiger partial charge in [0.1, 0.15) is 6.10 Å². The van der Waals surface area contributed by atoms with Crippen molar-refractivity contribution in [3.8, 4) is 12.3 Å². The minimum absolute atomic E-state index is 0.235. The van der Waals surface area contributed by atoms with Crippen LogP contribution in [0, 0.1) is 12.3 Å². The molecule has 12 heavy (non-hydrogen) atoms. The lowest BCUT2D eigenvalue weighted by molar-refractivity contribution is -0.143. The van der Waals surface area contributed by atoms with Crippen molar-refractivity contribution < 1.29 is 14.6 Å². The summed E-state index contributed by atoms with van der Waals surface area (Å²) in [5.41, 5.74) is 0. The minimum atomic E-state index is -0.737. The van der Waals surface area contributed by atoms with Crippen molar-refractivity contribution in [3.05, 3.63) is 0 Å². The van der Waals surface area contributed by atoms with Crippen LogP contribution in [-0.4, -0.2) is 23.8 Å². The van der Waals surface area contributed by atoms with Crippen molar-refractivity contribution in [2.75, 3.05) is 6.61 Å². The maximum Gasteiger partial charge on any atom is 0.305 e. The summed E-state index contributed by atoms with van der Waals surface area (Å²) in [5, 5.41) is 8.91. The molecule has 3 nitrogen and oxygen atoms in total. The van der Waals surface area contributed by atoms with E-state index in [4.69, 9.17) is 11.5 Å². The highest BCUT2D eigenvalue weighted by Crippen LogP contribution is 2.01. The van der Waals surface area contributed by atoms with E-state index in [1.807, 2.05) is 0 Å². The highest BCUT2D eigenvalue weighted by atomic mass is 16.5. The molecule has 0 rings (SSSR count). The van der Waals surface area contributed by atoms with Gasteiger partial charge in [0.15, 0.2) is 0 Å². The average molecular weight is 170 g/mol. The summed E-state index contributed by atoms with van der Waals surface area (Å²) in [6.07, 6.45) is 5.55. The molecule has 0 amide bonds. The minimum Gasteiger partial charge on any atom is -0.466 e. The van der Waals surface area contributed by atoms with Crippen LogP contribution in [0.1, 0.15) is 26.2 Å². The average Bonchev–Trinajstić information content (AvgIpc) is 2.04. The second-order valence-electron chi connectivity index (χ2n) is 2.38. The van der Waals surface area contributed by atoms with E-state index in [0.29, 0.717) is 25.9 Å². The molecule has 0 fully saturated rings. The van der Waals surface area contributed by atoms with Gasteiger partial charge >= 0.3 is 5.97 Å². The van der Waals surface area contributed by atoms with Crippen LogP contribution in [0.4, 0.5) is 0 Å². The van der Waals surface area contributed by atoms with Gasteiger partial charge in [-0.3, -0.25) is 4.79 Å². The van der Waals surface area contributed by atoms with Gasteiger partial charge in [-0.25, -0.2) is 0 Å². The number of terminal acetylenes is 1. The van der Waals surface area contributed by atoms with Gasteiger partial charge < -0.3 is 9.84 Å². The summed E-state index contributed by atoms with van der Waals surface area (Å²) >= 11 is 0. The Bertz CT molecular complexity index is 169. The first-order valence-corrected chi connectivity index (χ1v) is 4.00. The standard InChI is InChI=1S/C9H14O3/c1-3-8(10)6-5-7-9(11)12-4-2/h1,8,10H,4-7H2,2H3/t8-/m0/s1. The van der Waals surface area contributed by atoms with Crippen molar-refractivity contribution in [1.29, 1.82) is 0 Å². The molecule has 0 aliphatic heterocycles. The first-order chi connectivity index (χ1) is 5.70. The molecular formula is C9H14O3. The highest BCUT2D eigenvalue weighted by Gasteiger charge is 2.03. The van der Waals surface area contributed by atoms with Gasteiger partial charge in [-0.1, -0.05) is 5.92 Å². The number of esters is 1. The van der Waals surface area contributed by atoms with E-state index in [1.165, 1.54) is 0 Å². The summed E-state index contributed by atoms with van der Waals surface area (Å²) in [4.78, 5) is 10.8. The molecule has 0 saturated carbocycles. The zero-order valence-corrected chi connectivity index (χ0v) is 7.25.